The molecule has 0 fully saturated rings. The fraction of sp³-hybridized carbons (Fsp3) is 0.880. The van der Waals surface area contributed by atoms with Gasteiger partial charge in [-0.3, -0.25) is 14.4 Å². The highest BCUT2D eigenvalue weighted by atomic mass is 16.5. The molecule has 0 aliphatic heterocycles. The van der Waals surface area contributed by atoms with Gasteiger partial charge in [0, 0.05) is 51.0 Å². The highest BCUT2D eigenvalue weighted by Crippen LogP contribution is 2.13. The van der Waals surface area contributed by atoms with Gasteiger partial charge in [0.1, 0.15) is 5.78 Å². The van der Waals surface area contributed by atoms with Crippen LogP contribution in [-0.4, -0.2) is 83.0 Å². The zero-order valence-corrected chi connectivity index (χ0v) is 22.0. The third-order valence-corrected chi connectivity index (χ3v) is 4.66. The van der Waals surface area contributed by atoms with Crippen LogP contribution in [0.2, 0.25) is 0 Å². The minimum atomic E-state index is -0.548. The van der Waals surface area contributed by atoms with Crippen molar-refractivity contribution in [3.63, 3.8) is 0 Å². The first kappa shape index (κ1) is 32.5. The van der Waals surface area contributed by atoms with Crippen molar-refractivity contribution in [2.45, 2.75) is 79.2 Å². The van der Waals surface area contributed by atoms with E-state index in [9.17, 15) is 14.4 Å². The normalized spacial score (nSPS) is 12.4. The van der Waals surface area contributed by atoms with E-state index in [1.807, 2.05) is 34.6 Å². The summed E-state index contributed by atoms with van der Waals surface area (Å²) < 4.78 is 22.0. The van der Waals surface area contributed by atoms with Crippen LogP contribution in [0.4, 0.5) is 0 Å². The van der Waals surface area contributed by atoms with Gasteiger partial charge in [0.15, 0.2) is 0 Å². The van der Waals surface area contributed by atoms with Gasteiger partial charge >= 0.3 is 0 Å². The molecule has 9 heteroatoms. The number of amides is 2. The maximum Gasteiger partial charge on any atom is 0.225 e. The molecule has 2 amide bonds. The van der Waals surface area contributed by atoms with Crippen molar-refractivity contribution in [1.29, 1.82) is 0 Å². The molecule has 0 aromatic rings. The number of rotatable bonds is 22. The monoisotopic (exact) mass is 488 g/mol. The first-order valence-electron chi connectivity index (χ1n) is 12.6. The van der Waals surface area contributed by atoms with Crippen LogP contribution < -0.4 is 10.6 Å². The Morgan fingerprint density at radius 1 is 0.735 bits per heavy atom. The van der Waals surface area contributed by atoms with E-state index in [0.717, 1.165) is 25.9 Å². The van der Waals surface area contributed by atoms with Crippen LogP contribution in [0.1, 0.15) is 73.1 Å². The Kier molecular flexibility index (Phi) is 19.8. The summed E-state index contributed by atoms with van der Waals surface area (Å²) in [5.41, 5.74) is -0.548. The molecule has 0 aromatic carbocycles. The molecule has 0 spiro atoms. The summed E-state index contributed by atoms with van der Waals surface area (Å²) in [4.78, 5) is 36.2. The maximum atomic E-state index is 12.4. The highest BCUT2D eigenvalue weighted by Gasteiger charge is 2.24. The van der Waals surface area contributed by atoms with Crippen molar-refractivity contribution in [3.8, 4) is 0 Å². The lowest BCUT2D eigenvalue weighted by atomic mass is 9.95. The number of ketones is 1. The van der Waals surface area contributed by atoms with Gasteiger partial charge < -0.3 is 29.6 Å². The topological polar surface area (TPSA) is 112 Å². The molecule has 0 aromatic heterocycles. The van der Waals surface area contributed by atoms with Gasteiger partial charge in [0.05, 0.1) is 39.1 Å². The molecular weight excluding hydrogens is 440 g/mol. The molecule has 0 aliphatic rings. The van der Waals surface area contributed by atoms with Crippen molar-refractivity contribution in [2.75, 3.05) is 59.4 Å². The number of carbonyl (C=O) groups excluding carboxylic acids is 3. The van der Waals surface area contributed by atoms with E-state index in [2.05, 4.69) is 10.6 Å². The quantitative estimate of drug-likeness (QED) is 0.225. The standard InChI is InChI=1S/C25H48N2O7/c1-6-13-31-15-8-9-22(28)10-16-33-19-21(27-24(30)25(3,4)5)20-34-17-11-23(29)26-12-18-32-14-7-2/h21H,6-20H2,1-5H3,(H,26,29)(H,27,30). The number of ether oxygens (including phenoxy) is 4. The molecule has 0 heterocycles. The fourth-order valence-electron chi connectivity index (χ4n) is 2.68. The van der Waals surface area contributed by atoms with Crippen LogP contribution in [0.5, 0.6) is 0 Å². The second kappa shape index (κ2) is 20.8. The van der Waals surface area contributed by atoms with Crippen LogP contribution >= 0.6 is 0 Å². The lowest BCUT2D eigenvalue weighted by molar-refractivity contribution is -0.131. The van der Waals surface area contributed by atoms with Gasteiger partial charge in [-0.05, 0) is 19.3 Å². The Labute approximate surface area is 206 Å². The van der Waals surface area contributed by atoms with Crippen molar-refractivity contribution < 1.29 is 33.3 Å². The smallest absolute Gasteiger partial charge is 0.225 e. The Balaban J connectivity index is 4.21. The van der Waals surface area contributed by atoms with E-state index in [1.165, 1.54) is 0 Å². The maximum absolute atomic E-state index is 12.4. The van der Waals surface area contributed by atoms with Gasteiger partial charge in [-0.25, -0.2) is 0 Å². The van der Waals surface area contributed by atoms with Gasteiger partial charge in [-0.2, -0.15) is 0 Å². The summed E-state index contributed by atoms with van der Waals surface area (Å²) in [6, 6.07) is -0.366. The number of carbonyl (C=O) groups is 3. The Bertz CT molecular complexity index is 516. The van der Waals surface area contributed by atoms with Crippen molar-refractivity contribution in [2.24, 2.45) is 5.41 Å². The molecule has 1 unspecified atom stereocenters. The summed E-state index contributed by atoms with van der Waals surface area (Å²) in [5.74, 6) is -0.0827. The zero-order chi connectivity index (χ0) is 25.7. The molecule has 1 atom stereocenters. The third-order valence-electron chi connectivity index (χ3n) is 4.66. The van der Waals surface area contributed by atoms with Gasteiger partial charge in [-0.1, -0.05) is 34.6 Å². The zero-order valence-electron chi connectivity index (χ0n) is 22.0. The molecule has 9 nitrogen and oxygen atoms in total. The molecule has 0 bridgehead atoms. The minimum absolute atomic E-state index is 0.106. The SMILES string of the molecule is CCCOCCCC(=O)CCOCC(COCCC(=O)NCCOCCC)NC(=O)C(C)(C)C. The van der Waals surface area contributed by atoms with Gasteiger partial charge in [-0.15, -0.1) is 0 Å². The molecule has 34 heavy (non-hydrogen) atoms. The fourth-order valence-corrected chi connectivity index (χ4v) is 2.68. The van der Waals surface area contributed by atoms with Crippen molar-refractivity contribution >= 4 is 17.6 Å². The molecule has 2 N–H and O–H groups in total. The average Bonchev–Trinajstić information content (AvgIpc) is 2.78. The number of nitrogens with one attached hydrogen (secondary N) is 2. The van der Waals surface area contributed by atoms with Crippen LogP contribution in [0.15, 0.2) is 0 Å². The number of Topliss-reactive ketones (excluding diaryl/α,β-unsaturated/α-hetero) is 1. The largest absolute Gasteiger partial charge is 0.381 e. The second-order valence-corrected chi connectivity index (χ2v) is 9.29. The lowest BCUT2D eigenvalue weighted by Gasteiger charge is -2.24. The minimum Gasteiger partial charge on any atom is -0.381 e. The average molecular weight is 489 g/mol. The van der Waals surface area contributed by atoms with Crippen LogP contribution in [0.25, 0.3) is 0 Å². The summed E-state index contributed by atoms with van der Waals surface area (Å²) in [7, 11) is 0. The molecule has 0 rings (SSSR count). The number of hydrogen-bond donors (Lipinski definition) is 2. The molecule has 0 saturated carbocycles. The Hall–Kier alpha value is -1.55. The Morgan fingerprint density at radius 2 is 1.32 bits per heavy atom. The summed E-state index contributed by atoms with van der Waals surface area (Å²) >= 11 is 0. The van der Waals surface area contributed by atoms with E-state index < -0.39 is 5.41 Å². The van der Waals surface area contributed by atoms with E-state index in [4.69, 9.17) is 18.9 Å². The molecule has 0 radical (unpaired) electrons. The van der Waals surface area contributed by atoms with E-state index in [1.54, 1.807) is 0 Å². The van der Waals surface area contributed by atoms with Gasteiger partial charge in [0.25, 0.3) is 0 Å². The molecule has 200 valence electrons. The van der Waals surface area contributed by atoms with E-state index in [0.29, 0.717) is 45.8 Å². The predicted octanol–water partition coefficient (Wildman–Crippen LogP) is 2.65. The highest BCUT2D eigenvalue weighted by molar-refractivity contribution is 5.81. The van der Waals surface area contributed by atoms with Crippen molar-refractivity contribution in [3.05, 3.63) is 0 Å². The van der Waals surface area contributed by atoms with Crippen LogP contribution in [0, 0.1) is 5.41 Å². The second-order valence-electron chi connectivity index (χ2n) is 9.29. The first-order chi connectivity index (χ1) is 16.2. The summed E-state index contributed by atoms with van der Waals surface area (Å²) in [6.07, 6.45) is 3.68. The summed E-state index contributed by atoms with van der Waals surface area (Å²) in [5, 5.41) is 5.71. The van der Waals surface area contributed by atoms with Gasteiger partial charge in [0.2, 0.25) is 11.8 Å². The van der Waals surface area contributed by atoms with Crippen LogP contribution in [0.3, 0.4) is 0 Å². The predicted molar refractivity (Wildman–Crippen MR) is 132 cm³/mol. The first-order valence-corrected chi connectivity index (χ1v) is 12.6. The van der Waals surface area contributed by atoms with Crippen molar-refractivity contribution in [1.82, 2.24) is 10.6 Å². The summed E-state index contributed by atoms with van der Waals surface area (Å²) in [6.45, 7) is 13.5. The molecule has 0 saturated heterocycles. The number of hydrogen-bond acceptors (Lipinski definition) is 7. The lowest BCUT2D eigenvalue weighted by Crippen LogP contribution is -2.46. The Morgan fingerprint density at radius 3 is 1.91 bits per heavy atom. The van der Waals surface area contributed by atoms with E-state index in [-0.39, 0.29) is 49.9 Å². The molecular formula is C25H48N2O7. The van der Waals surface area contributed by atoms with E-state index >= 15 is 0 Å². The van der Waals surface area contributed by atoms with Crippen LogP contribution in [-0.2, 0) is 33.3 Å². The third kappa shape index (κ3) is 19.9. The molecule has 0 aliphatic carbocycles.